The molecule has 1 amide bonds. The van der Waals surface area contributed by atoms with Crippen LogP contribution in [0.2, 0.25) is 0 Å². The van der Waals surface area contributed by atoms with E-state index in [0.717, 1.165) is 19.5 Å². The molecule has 0 spiro atoms. The standard InChI is InChI=1S/C20H25N5O3/c26-12-16-10-25-13-22-18(7-19(25)23-16)20(28)21-8-17(27)11-24-6-5-14-3-1-2-4-15(14)9-24/h1-4,7,13,16-17,26-27H,5-6,8-12H2,(H,21,28)/t16?,17-/m0/s1. The highest BCUT2D eigenvalue weighted by Crippen LogP contribution is 2.18. The van der Waals surface area contributed by atoms with E-state index < -0.39 is 6.10 Å². The summed E-state index contributed by atoms with van der Waals surface area (Å²) in [4.78, 5) is 24.9. The number of fused-ring (bicyclic) bond motifs is 2. The number of hydrogen-bond donors (Lipinski definition) is 3. The van der Waals surface area contributed by atoms with Gasteiger partial charge in [-0.2, -0.15) is 0 Å². The van der Waals surface area contributed by atoms with E-state index >= 15 is 0 Å². The molecule has 0 saturated carbocycles. The van der Waals surface area contributed by atoms with Crippen molar-refractivity contribution in [2.45, 2.75) is 25.1 Å². The molecule has 0 bridgehead atoms. The molecule has 3 aliphatic heterocycles. The molecular weight excluding hydrogens is 358 g/mol. The molecule has 2 atom stereocenters. The molecule has 3 aliphatic rings. The van der Waals surface area contributed by atoms with Crippen molar-refractivity contribution in [3.63, 3.8) is 0 Å². The molecule has 0 aliphatic carbocycles. The van der Waals surface area contributed by atoms with Crippen LogP contribution in [0.3, 0.4) is 0 Å². The number of nitrogens with one attached hydrogen (secondary N) is 1. The molecule has 3 N–H and O–H groups in total. The van der Waals surface area contributed by atoms with Gasteiger partial charge in [-0.25, -0.2) is 4.99 Å². The Morgan fingerprint density at radius 2 is 2.14 bits per heavy atom. The van der Waals surface area contributed by atoms with Crippen LogP contribution < -0.4 is 5.32 Å². The van der Waals surface area contributed by atoms with Crippen molar-refractivity contribution >= 4 is 18.1 Å². The molecule has 4 rings (SSSR count). The molecule has 1 unspecified atom stereocenters. The van der Waals surface area contributed by atoms with Crippen LogP contribution in [0.1, 0.15) is 11.1 Å². The van der Waals surface area contributed by atoms with E-state index in [4.69, 9.17) is 0 Å². The topological polar surface area (TPSA) is 101 Å². The second-order valence-electron chi connectivity index (χ2n) is 7.37. The molecule has 1 aromatic rings. The van der Waals surface area contributed by atoms with Gasteiger partial charge in [0.25, 0.3) is 5.91 Å². The van der Waals surface area contributed by atoms with Crippen LogP contribution in [0, 0.1) is 0 Å². The smallest absolute Gasteiger partial charge is 0.270 e. The van der Waals surface area contributed by atoms with Crippen LogP contribution in [0.5, 0.6) is 0 Å². The highest BCUT2D eigenvalue weighted by atomic mass is 16.3. The summed E-state index contributed by atoms with van der Waals surface area (Å²) in [5, 5.41) is 22.3. The van der Waals surface area contributed by atoms with E-state index in [9.17, 15) is 15.0 Å². The summed E-state index contributed by atoms with van der Waals surface area (Å²) in [7, 11) is 0. The first-order valence-corrected chi connectivity index (χ1v) is 9.59. The van der Waals surface area contributed by atoms with Crippen LogP contribution in [-0.2, 0) is 17.8 Å². The van der Waals surface area contributed by atoms with E-state index in [1.807, 2.05) is 6.07 Å². The Morgan fingerprint density at radius 3 is 2.96 bits per heavy atom. The summed E-state index contributed by atoms with van der Waals surface area (Å²) < 4.78 is 0. The quantitative estimate of drug-likeness (QED) is 0.616. The Morgan fingerprint density at radius 1 is 1.32 bits per heavy atom. The molecule has 0 saturated heterocycles. The van der Waals surface area contributed by atoms with Gasteiger partial charge in [0.05, 0.1) is 31.6 Å². The summed E-state index contributed by atoms with van der Waals surface area (Å²) in [6, 6.07) is 8.19. The van der Waals surface area contributed by atoms with Gasteiger partial charge in [-0.15, -0.1) is 0 Å². The van der Waals surface area contributed by atoms with E-state index in [0.29, 0.717) is 18.9 Å². The van der Waals surface area contributed by atoms with Crippen molar-refractivity contribution in [1.82, 2.24) is 15.1 Å². The first-order chi connectivity index (χ1) is 13.6. The van der Waals surface area contributed by atoms with Crippen LogP contribution in [0.15, 0.2) is 46.0 Å². The molecule has 8 heteroatoms. The van der Waals surface area contributed by atoms with E-state index in [1.54, 1.807) is 17.3 Å². The highest BCUT2D eigenvalue weighted by Gasteiger charge is 2.26. The van der Waals surface area contributed by atoms with Crippen molar-refractivity contribution in [3.8, 4) is 0 Å². The van der Waals surface area contributed by atoms with Crippen LogP contribution in [-0.4, -0.2) is 83.0 Å². The number of aliphatic imine (C=N–C) groups is 2. The van der Waals surface area contributed by atoms with Gasteiger partial charge >= 0.3 is 0 Å². The lowest BCUT2D eigenvalue weighted by Crippen LogP contribution is -2.42. The minimum atomic E-state index is -0.651. The maximum Gasteiger partial charge on any atom is 0.270 e. The molecule has 8 nitrogen and oxygen atoms in total. The number of amides is 1. The zero-order valence-corrected chi connectivity index (χ0v) is 15.7. The van der Waals surface area contributed by atoms with Crippen molar-refractivity contribution in [2.75, 3.05) is 32.8 Å². The minimum absolute atomic E-state index is 0.0314. The zero-order chi connectivity index (χ0) is 19.5. The van der Waals surface area contributed by atoms with Gasteiger partial charge < -0.3 is 20.4 Å². The number of aliphatic hydroxyl groups excluding tert-OH is 2. The number of rotatable bonds is 6. The first kappa shape index (κ1) is 18.8. The minimum Gasteiger partial charge on any atom is -0.394 e. The summed E-state index contributed by atoms with van der Waals surface area (Å²) in [6.45, 7) is 2.93. The second kappa shape index (κ2) is 8.22. The Hall–Kier alpha value is -2.55. The summed E-state index contributed by atoms with van der Waals surface area (Å²) >= 11 is 0. The molecule has 0 fully saturated rings. The van der Waals surface area contributed by atoms with Gasteiger partial charge in [-0.05, 0) is 17.5 Å². The van der Waals surface area contributed by atoms with E-state index in [2.05, 4.69) is 38.4 Å². The summed E-state index contributed by atoms with van der Waals surface area (Å²) in [5.41, 5.74) is 2.93. The Bertz CT molecular complexity index is 835. The third-order valence-corrected chi connectivity index (χ3v) is 5.24. The Kier molecular flexibility index (Phi) is 5.52. The lowest BCUT2D eigenvalue weighted by molar-refractivity contribution is -0.118. The number of benzene rings is 1. The van der Waals surface area contributed by atoms with Crippen molar-refractivity contribution in [3.05, 3.63) is 47.2 Å². The van der Waals surface area contributed by atoms with Crippen molar-refractivity contribution < 1.29 is 15.0 Å². The fraction of sp³-hybridized carbons (Fsp3) is 0.450. The average Bonchev–Trinajstić information content (AvgIpc) is 3.14. The van der Waals surface area contributed by atoms with Gasteiger partial charge in [0, 0.05) is 32.3 Å². The molecule has 148 valence electrons. The fourth-order valence-corrected chi connectivity index (χ4v) is 3.74. The van der Waals surface area contributed by atoms with Crippen LogP contribution in [0.25, 0.3) is 0 Å². The van der Waals surface area contributed by atoms with E-state index in [-0.39, 0.29) is 30.8 Å². The Balaban J connectivity index is 1.27. The maximum absolute atomic E-state index is 12.4. The zero-order valence-electron chi connectivity index (χ0n) is 15.7. The first-order valence-electron chi connectivity index (χ1n) is 9.59. The van der Waals surface area contributed by atoms with Crippen molar-refractivity contribution in [2.24, 2.45) is 9.98 Å². The molecule has 0 aromatic heterocycles. The lowest BCUT2D eigenvalue weighted by atomic mass is 10.00. The SMILES string of the molecule is O=C(NC[C@H](O)CN1CCc2ccccc2C1)C1=CC2=NC(CO)CN2C=N1. The number of aliphatic hydroxyl groups is 2. The number of hydrogen-bond acceptors (Lipinski definition) is 7. The lowest BCUT2D eigenvalue weighted by Gasteiger charge is -2.30. The predicted octanol–water partition coefficient (Wildman–Crippen LogP) is -0.477. The third-order valence-electron chi connectivity index (χ3n) is 5.24. The molecule has 0 radical (unpaired) electrons. The normalized spacial score (nSPS) is 22.2. The summed E-state index contributed by atoms with van der Waals surface area (Å²) in [5.74, 6) is 0.292. The van der Waals surface area contributed by atoms with Crippen LogP contribution in [0.4, 0.5) is 0 Å². The van der Waals surface area contributed by atoms with Gasteiger partial charge in [-0.3, -0.25) is 14.7 Å². The number of carbonyl (C=O) groups is 1. The third kappa shape index (κ3) is 4.14. The highest BCUT2D eigenvalue weighted by molar-refractivity contribution is 6.10. The Labute approximate surface area is 163 Å². The molecule has 28 heavy (non-hydrogen) atoms. The summed E-state index contributed by atoms with van der Waals surface area (Å²) in [6.07, 6.45) is 3.50. The van der Waals surface area contributed by atoms with Gasteiger partial charge in [0.15, 0.2) is 0 Å². The average molecular weight is 383 g/mol. The second-order valence-corrected chi connectivity index (χ2v) is 7.37. The molecule has 1 aromatic carbocycles. The fourth-order valence-electron chi connectivity index (χ4n) is 3.74. The predicted molar refractivity (Wildman–Crippen MR) is 106 cm³/mol. The largest absolute Gasteiger partial charge is 0.394 e. The molecular formula is C20H25N5O3. The van der Waals surface area contributed by atoms with Gasteiger partial charge in [0.1, 0.15) is 11.5 Å². The number of nitrogens with zero attached hydrogens (tertiary/aromatic N) is 4. The number of carbonyl (C=O) groups excluding carboxylic acids is 1. The van der Waals surface area contributed by atoms with Gasteiger partial charge in [-0.1, -0.05) is 24.3 Å². The maximum atomic E-state index is 12.4. The molecule has 3 heterocycles. The number of β-amino-alcohol motifs (C(OH)–C–C–N with tert-alkyl or cyclic N) is 1. The number of amidine groups is 1. The van der Waals surface area contributed by atoms with Gasteiger partial charge in [0.2, 0.25) is 0 Å². The van der Waals surface area contributed by atoms with E-state index in [1.165, 1.54) is 11.1 Å². The van der Waals surface area contributed by atoms with Crippen molar-refractivity contribution in [1.29, 1.82) is 0 Å². The van der Waals surface area contributed by atoms with Crippen LogP contribution >= 0.6 is 0 Å². The monoisotopic (exact) mass is 383 g/mol.